The maximum absolute atomic E-state index is 10.3. The summed E-state index contributed by atoms with van der Waals surface area (Å²) in [5.41, 5.74) is 3.46. The van der Waals surface area contributed by atoms with E-state index in [2.05, 4.69) is 17.8 Å². The normalized spacial score (nSPS) is 12.4. The van der Waals surface area contributed by atoms with Crippen LogP contribution in [-0.2, 0) is 24.6 Å². The van der Waals surface area contributed by atoms with Gasteiger partial charge in [-0.15, -0.1) is 0 Å². The molecule has 0 unspecified atom stereocenters. The second-order valence-electron chi connectivity index (χ2n) is 7.27. The Bertz CT molecular complexity index is 1040. The van der Waals surface area contributed by atoms with Gasteiger partial charge in [-0.05, 0) is 18.9 Å². The number of rotatable bonds is 11. The Morgan fingerprint density at radius 1 is 1.32 bits per heavy atom. The molecule has 3 rings (SSSR count). The number of aliphatic hydroxyl groups excluding tert-OH is 2. The van der Waals surface area contributed by atoms with Gasteiger partial charge in [0.15, 0.2) is 5.15 Å². The van der Waals surface area contributed by atoms with Crippen LogP contribution in [0.1, 0.15) is 11.1 Å². The van der Waals surface area contributed by atoms with Crippen LogP contribution in [0.15, 0.2) is 42.9 Å². The van der Waals surface area contributed by atoms with Crippen molar-refractivity contribution in [3.8, 4) is 5.97 Å². The summed E-state index contributed by atoms with van der Waals surface area (Å²) in [6.07, 6.45) is 4.69. The van der Waals surface area contributed by atoms with E-state index in [-0.39, 0.29) is 42.2 Å². The number of aromatic nitrogens is 3. The largest absolute Gasteiger partial charge is 1.00 e. The first-order valence-corrected chi connectivity index (χ1v) is 11.9. The number of halogens is 1. The molecule has 0 spiro atoms. The molecule has 8 nitrogen and oxygen atoms in total. The van der Waals surface area contributed by atoms with Gasteiger partial charge >= 0.3 is 29.6 Å². The molecule has 0 aliphatic heterocycles. The summed E-state index contributed by atoms with van der Waals surface area (Å²) in [4.78, 5) is 10.5. The van der Waals surface area contributed by atoms with Crippen LogP contribution in [0, 0.1) is 11.2 Å². The fourth-order valence-corrected chi connectivity index (χ4v) is 4.24. The van der Waals surface area contributed by atoms with Gasteiger partial charge in [-0.3, -0.25) is 16.1 Å². The van der Waals surface area contributed by atoms with Crippen molar-refractivity contribution < 1.29 is 44.5 Å². The molecular formula is C22H27BClN5NaO3S. The third-order valence-electron chi connectivity index (χ3n) is 4.98. The summed E-state index contributed by atoms with van der Waals surface area (Å²) in [5.74, 6) is 1.80. The molecule has 0 saturated carbocycles. The number of nitrogens with zero attached hydrogens (tertiary/aromatic N) is 5. The second-order valence-corrected chi connectivity index (χ2v) is 8.53. The summed E-state index contributed by atoms with van der Waals surface area (Å²) in [6, 6.07) is 9.58. The SMILES string of the molecule is CSC[C@@H](O)[C@@H](CO)N(C)Cc1cn(COCc2ccccc2)c2c(Cl)ncnc12.[B-]C#N.[Na+]. The maximum atomic E-state index is 10.3. The molecular weight excluding hydrogens is 484 g/mol. The van der Waals surface area contributed by atoms with Crippen molar-refractivity contribution in [3.63, 3.8) is 0 Å². The molecule has 12 heteroatoms. The average Bonchev–Trinajstić information content (AvgIpc) is 3.14. The van der Waals surface area contributed by atoms with Crippen LogP contribution in [0.5, 0.6) is 0 Å². The number of hydrogen-bond donors (Lipinski definition) is 2. The summed E-state index contributed by atoms with van der Waals surface area (Å²) in [7, 11) is 6.03. The number of hydrogen-bond acceptors (Lipinski definition) is 8. The molecule has 3 aromatic rings. The predicted molar refractivity (Wildman–Crippen MR) is 132 cm³/mol. The van der Waals surface area contributed by atoms with Crippen LogP contribution in [0.2, 0.25) is 5.15 Å². The van der Waals surface area contributed by atoms with Gasteiger partial charge in [0.25, 0.3) is 0 Å². The molecule has 2 N–H and O–H groups in total. The first-order valence-electron chi connectivity index (χ1n) is 10.1. The Hall–Kier alpha value is -1.13. The van der Waals surface area contributed by atoms with E-state index in [1.165, 1.54) is 12.3 Å². The smallest absolute Gasteiger partial charge is 0.466 e. The van der Waals surface area contributed by atoms with Crippen LogP contribution in [0.3, 0.4) is 0 Å². The molecule has 2 atom stereocenters. The van der Waals surface area contributed by atoms with Gasteiger partial charge in [-0.2, -0.15) is 11.8 Å². The van der Waals surface area contributed by atoms with Gasteiger partial charge in [0.1, 0.15) is 18.6 Å². The van der Waals surface area contributed by atoms with Crippen molar-refractivity contribution in [1.29, 1.82) is 5.26 Å². The zero-order valence-electron chi connectivity index (χ0n) is 19.6. The summed E-state index contributed by atoms with van der Waals surface area (Å²) < 4.78 is 7.78. The van der Waals surface area contributed by atoms with E-state index >= 15 is 0 Å². The minimum Gasteiger partial charge on any atom is -0.466 e. The molecule has 2 heterocycles. The minimum absolute atomic E-state index is 0. The van der Waals surface area contributed by atoms with Crippen LogP contribution in [-0.4, -0.2) is 75.3 Å². The van der Waals surface area contributed by atoms with Crippen molar-refractivity contribution in [2.24, 2.45) is 0 Å². The van der Waals surface area contributed by atoms with Crippen LogP contribution in [0.25, 0.3) is 11.0 Å². The average molecular weight is 511 g/mol. The zero-order valence-corrected chi connectivity index (χ0v) is 23.2. The van der Waals surface area contributed by atoms with Crippen LogP contribution >= 0.6 is 23.4 Å². The molecule has 0 fully saturated rings. The predicted octanol–water partition coefficient (Wildman–Crippen LogP) is -0.584. The molecule has 2 aromatic heterocycles. The molecule has 0 aliphatic rings. The number of benzene rings is 1. The monoisotopic (exact) mass is 510 g/mol. The fraction of sp³-hybridized carbons (Fsp3) is 0.409. The Morgan fingerprint density at radius 2 is 2.00 bits per heavy atom. The quantitative estimate of drug-likeness (QED) is 0.261. The van der Waals surface area contributed by atoms with E-state index in [1.54, 1.807) is 11.8 Å². The molecule has 34 heavy (non-hydrogen) atoms. The Morgan fingerprint density at radius 3 is 2.62 bits per heavy atom. The standard InChI is InChI=1S/C21H27ClN4O3S.CBN.Na/c1-25(17(10-27)18(28)12-30-2)8-16-9-26(20-19(16)23-13-24-21(20)22)14-29-11-15-6-4-3-5-7-15;2-1-3;/h3-7,9,13,17-18,27-28H,8,10-12,14H2,1-2H3;;/q;-1;+1/t17-,18-;;/m1../s1. The van der Waals surface area contributed by atoms with Gasteiger partial charge in [0.2, 0.25) is 0 Å². The first-order chi connectivity index (χ1) is 16.0. The van der Waals surface area contributed by atoms with Crippen molar-refractivity contribution >= 4 is 42.2 Å². The van der Waals surface area contributed by atoms with Gasteiger partial charge in [-0.25, -0.2) is 9.97 Å². The van der Waals surface area contributed by atoms with Gasteiger partial charge in [-0.1, -0.05) is 41.9 Å². The van der Waals surface area contributed by atoms with E-state index in [9.17, 15) is 10.2 Å². The summed E-state index contributed by atoms with van der Waals surface area (Å²) in [6.45, 7) is 1.15. The fourth-order valence-electron chi connectivity index (χ4n) is 3.44. The third kappa shape index (κ3) is 8.83. The van der Waals surface area contributed by atoms with E-state index in [4.69, 9.17) is 21.6 Å². The topological polar surface area (TPSA) is 107 Å². The van der Waals surface area contributed by atoms with Crippen LogP contribution in [0.4, 0.5) is 0 Å². The van der Waals surface area contributed by atoms with E-state index in [0.717, 1.165) is 16.6 Å². The molecule has 175 valence electrons. The van der Waals surface area contributed by atoms with E-state index in [0.29, 0.717) is 36.3 Å². The number of likely N-dealkylation sites (N-methyl/N-ethyl adjacent to an activating group) is 1. The maximum Gasteiger partial charge on any atom is 1.00 e. The summed E-state index contributed by atoms with van der Waals surface area (Å²) >= 11 is 7.91. The van der Waals surface area contributed by atoms with Crippen molar-refractivity contribution in [2.75, 3.05) is 25.7 Å². The zero-order chi connectivity index (χ0) is 24.2. The van der Waals surface area contributed by atoms with Gasteiger partial charge < -0.3 is 27.4 Å². The van der Waals surface area contributed by atoms with E-state index < -0.39 is 6.10 Å². The third-order valence-corrected chi connectivity index (χ3v) is 5.93. The molecule has 0 saturated heterocycles. The number of thioether (sulfide) groups is 1. The first kappa shape index (κ1) is 30.9. The van der Waals surface area contributed by atoms with Crippen molar-refractivity contribution in [1.82, 2.24) is 19.4 Å². The Kier molecular flexibility index (Phi) is 15.0. The van der Waals surface area contributed by atoms with Crippen molar-refractivity contribution in [2.45, 2.75) is 32.0 Å². The Balaban J connectivity index is 0.00000137. The van der Waals surface area contributed by atoms with Crippen molar-refractivity contribution in [3.05, 3.63) is 59.1 Å². The summed E-state index contributed by atoms with van der Waals surface area (Å²) in [5, 5.41) is 27.6. The Labute approximate surface area is 233 Å². The number of aliphatic hydroxyl groups is 2. The molecule has 0 bridgehead atoms. The number of fused-ring (bicyclic) bond motifs is 1. The number of ether oxygens (including phenoxy) is 1. The molecule has 3 radical (unpaired) electrons. The molecule has 1 aromatic carbocycles. The second kappa shape index (κ2) is 16.5. The van der Waals surface area contributed by atoms with E-state index in [1.807, 2.05) is 59.3 Å². The van der Waals surface area contributed by atoms with Gasteiger partial charge in [0, 0.05) is 24.1 Å². The minimum atomic E-state index is -0.629. The molecule has 0 aliphatic carbocycles. The van der Waals surface area contributed by atoms with Crippen LogP contribution < -0.4 is 29.6 Å². The number of nitriles is 1. The molecule has 0 amide bonds. The van der Waals surface area contributed by atoms with Gasteiger partial charge in [0.05, 0.1) is 30.9 Å².